The Kier molecular flexibility index (Phi) is 6.59. The zero-order valence-corrected chi connectivity index (χ0v) is 12.0. The molecule has 1 aromatic rings. The molecule has 0 fully saturated rings. The Morgan fingerprint density at radius 1 is 1.11 bits per heavy atom. The first kappa shape index (κ1) is 15.2. The standard InChI is InChI=1S/C18H22O/c1-15(2)9-7-10-16(3)11-8-14-18(19)17-12-5-4-6-13-17/h4-6,8-9,11-14H,7,10H2,1-3H3/b14-8+,16-11-. The molecule has 0 spiro atoms. The first-order valence-corrected chi connectivity index (χ1v) is 6.66. The summed E-state index contributed by atoms with van der Waals surface area (Å²) < 4.78 is 0. The molecule has 0 N–H and O–H groups in total. The third-order valence-electron chi connectivity index (χ3n) is 2.78. The zero-order valence-electron chi connectivity index (χ0n) is 12.0. The van der Waals surface area contributed by atoms with Crippen LogP contribution >= 0.6 is 0 Å². The molecule has 1 heteroatoms. The van der Waals surface area contributed by atoms with Crippen molar-refractivity contribution in [3.8, 4) is 0 Å². The molecule has 0 heterocycles. The summed E-state index contributed by atoms with van der Waals surface area (Å²) in [5.41, 5.74) is 3.37. The van der Waals surface area contributed by atoms with Crippen LogP contribution in [0.3, 0.4) is 0 Å². The van der Waals surface area contributed by atoms with Crippen LogP contribution in [-0.2, 0) is 0 Å². The van der Waals surface area contributed by atoms with Crippen LogP contribution in [0.4, 0.5) is 0 Å². The molecule has 0 aliphatic heterocycles. The quantitative estimate of drug-likeness (QED) is 0.298. The predicted octanol–water partition coefficient (Wildman–Crippen LogP) is 5.12. The van der Waals surface area contributed by atoms with Gasteiger partial charge >= 0.3 is 0 Å². The number of ketones is 1. The first-order chi connectivity index (χ1) is 9.09. The van der Waals surface area contributed by atoms with Crippen molar-refractivity contribution in [3.05, 3.63) is 71.3 Å². The van der Waals surface area contributed by atoms with Crippen molar-refractivity contribution in [2.24, 2.45) is 0 Å². The van der Waals surface area contributed by atoms with Crippen LogP contribution in [0.25, 0.3) is 0 Å². The number of rotatable bonds is 6. The summed E-state index contributed by atoms with van der Waals surface area (Å²) >= 11 is 0. The topological polar surface area (TPSA) is 17.1 Å². The Labute approximate surface area is 116 Å². The SMILES string of the molecule is CC(C)=CCC/C(C)=C\C=C\C(=O)c1ccccc1. The third kappa shape index (κ3) is 6.56. The van der Waals surface area contributed by atoms with Gasteiger partial charge < -0.3 is 0 Å². The van der Waals surface area contributed by atoms with Gasteiger partial charge in [-0.25, -0.2) is 0 Å². The monoisotopic (exact) mass is 254 g/mol. The van der Waals surface area contributed by atoms with E-state index in [1.165, 1.54) is 11.1 Å². The zero-order chi connectivity index (χ0) is 14.1. The second kappa shape index (κ2) is 8.25. The van der Waals surface area contributed by atoms with Gasteiger partial charge in [-0.2, -0.15) is 0 Å². The van der Waals surface area contributed by atoms with Gasteiger partial charge in [-0.05, 0) is 39.7 Å². The Balaban J connectivity index is 2.48. The van der Waals surface area contributed by atoms with Gasteiger partial charge in [0.2, 0.25) is 0 Å². The molecule has 100 valence electrons. The highest BCUT2D eigenvalue weighted by Gasteiger charge is 1.97. The molecule has 0 bridgehead atoms. The summed E-state index contributed by atoms with van der Waals surface area (Å²) in [4.78, 5) is 11.8. The summed E-state index contributed by atoms with van der Waals surface area (Å²) in [6.07, 6.45) is 9.81. The first-order valence-electron chi connectivity index (χ1n) is 6.66. The van der Waals surface area contributed by atoms with Crippen LogP contribution < -0.4 is 0 Å². The molecule has 0 saturated carbocycles. The Morgan fingerprint density at radius 2 is 1.79 bits per heavy atom. The van der Waals surface area contributed by atoms with E-state index in [0.717, 1.165) is 18.4 Å². The largest absolute Gasteiger partial charge is 0.289 e. The van der Waals surface area contributed by atoms with Crippen molar-refractivity contribution < 1.29 is 4.79 Å². The highest BCUT2D eigenvalue weighted by molar-refractivity contribution is 6.04. The Bertz CT molecular complexity index is 486. The summed E-state index contributed by atoms with van der Waals surface area (Å²) in [5.74, 6) is 0.0500. The molecule has 1 nitrogen and oxygen atoms in total. The van der Waals surface area contributed by atoms with Crippen LogP contribution in [0.5, 0.6) is 0 Å². The van der Waals surface area contributed by atoms with Crippen molar-refractivity contribution in [2.75, 3.05) is 0 Å². The van der Waals surface area contributed by atoms with E-state index >= 15 is 0 Å². The van der Waals surface area contributed by atoms with Gasteiger partial charge in [-0.1, -0.05) is 59.7 Å². The summed E-state index contributed by atoms with van der Waals surface area (Å²) in [6, 6.07) is 9.33. The highest BCUT2D eigenvalue weighted by Crippen LogP contribution is 2.07. The Hall–Kier alpha value is -1.89. The van der Waals surface area contributed by atoms with Crippen LogP contribution in [0, 0.1) is 0 Å². The second-order valence-corrected chi connectivity index (χ2v) is 4.92. The van der Waals surface area contributed by atoms with E-state index in [1.54, 1.807) is 6.08 Å². The highest BCUT2D eigenvalue weighted by atomic mass is 16.1. The molecule has 0 unspecified atom stereocenters. The van der Waals surface area contributed by atoms with E-state index in [0.29, 0.717) is 0 Å². The van der Waals surface area contributed by atoms with E-state index in [2.05, 4.69) is 26.8 Å². The van der Waals surface area contributed by atoms with Crippen molar-refractivity contribution in [1.29, 1.82) is 0 Å². The smallest absolute Gasteiger partial charge is 0.185 e. The number of hydrogen-bond acceptors (Lipinski definition) is 1. The molecule has 0 aromatic heterocycles. The van der Waals surface area contributed by atoms with Crippen molar-refractivity contribution in [3.63, 3.8) is 0 Å². The van der Waals surface area contributed by atoms with Gasteiger partial charge in [0.25, 0.3) is 0 Å². The van der Waals surface area contributed by atoms with Crippen LogP contribution in [0.15, 0.2) is 65.8 Å². The fraction of sp³-hybridized carbons (Fsp3) is 0.278. The maximum absolute atomic E-state index is 11.8. The number of benzene rings is 1. The lowest BCUT2D eigenvalue weighted by atomic mass is 10.1. The molecular formula is C18H22O. The fourth-order valence-electron chi connectivity index (χ4n) is 1.67. The van der Waals surface area contributed by atoms with E-state index in [9.17, 15) is 4.79 Å². The van der Waals surface area contributed by atoms with Gasteiger partial charge in [0, 0.05) is 5.56 Å². The maximum Gasteiger partial charge on any atom is 0.185 e. The number of carbonyl (C=O) groups is 1. The normalized spacial score (nSPS) is 11.6. The van der Waals surface area contributed by atoms with Gasteiger partial charge in [-0.3, -0.25) is 4.79 Å². The number of hydrogen-bond donors (Lipinski definition) is 0. The molecule has 1 aromatic carbocycles. The number of carbonyl (C=O) groups excluding carboxylic acids is 1. The predicted molar refractivity (Wildman–Crippen MR) is 82.3 cm³/mol. The average Bonchev–Trinajstić information content (AvgIpc) is 2.39. The van der Waals surface area contributed by atoms with Crippen molar-refractivity contribution in [1.82, 2.24) is 0 Å². The van der Waals surface area contributed by atoms with E-state index < -0.39 is 0 Å². The van der Waals surface area contributed by atoms with Crippen molar-refractivity contribution >= 4 is 5.78 Å². The molecule has 0 atom stereocenters. The number of allylic oxidation sites excluding steroid dienone is 6. The summed E-state index contributed by atoms with van der Waals surface area (Å²) in [7, 11) is 0. The second-order valence-electron chi connectivity index (χ2n) is 4.92. The van der Waals surface area contributed by atoms with E-state index in [-0.39, 0.29) is 5.78 Å². The molecule has 19 heavy (non-hydrogen) atoms. The summed E-state index contributed by atoms with van der Waals surface area (Å²) in [6.45, 7) is 6.31. The lowest BCUT2D eigenvalue weighted by Gasteiger charge is -1.97. The minimum Gasteiger partial charge on any atom is -0.289 e. The lowest BCUT2D eigenvalue weighted by molar-refractivity contribution is 0.104. The van der Waals surface area contributed by atoms with E-state index in [1.807, 2.05) is 42.5 Å². The van der Waals surface area contributed by atoms with Crippen LogP contribution in [-0.4, -0.2) is 5.78 Å². The van der Waals surface area contributed by atoms with Crippen LogP contribution in [0.2, 0.25) is 0 Å². The Morgan fingerprint density at radius 3 is 2.42 bits per heavy atom. The molecule has 0 radical (unpaired) electrons. The van der Waals surface area contributed by atoms with Gasteiger partial charge in [0.1, 0.15) is 0 Å². The van der Waals surface area contributed by atoms with Gasteiger partial charge in [-0.15, -0.1) is 0 Å². The minimum atomic E-state index is 0.0500. The molecule has 0 aliphatic rings. The third-order valence-corrected chi connectivity index (χ3v) is 2.78. The average molecular weight is 254 g/mol. The maximum atomic E-state index is 11.8. The van der Waals surface area contributed by atoms with Crippen LogP contribution in [0.1, 0.15) is 44.0 Å². The molecular weight excluding hydrogens is 232 g/mol. The van der Waals surface area contributed by atoms with Gasteiger partial charge in [0.15, 0.2) is 5.78 Å². The van der Waals surface area contributed by atoms with Gasteiger partial charge in [0.05, 0.1) is 0 Å². The molecule has 0 amide bonds. The van der Waals surface area contributed by atoms with Crippen molar-refractivity contribution in [2.45, 2.75) is 33.6 Å². The molecule has 0 aliphatic carbocycles. The lowest BCUT2D eigenvalue weighted by Crippen LogP contribution is -1.92. The summed E-state index contributed by atoms with van der Waals surface area (Å²) in [5, 5.41) is 0. The fourth-order valence-corrected chi connectivity index (χ4v) is 1.67. The molecule has 0 saturated heterocycles. The molecule has 1 rings (SSSR count). The minimum absolute atomic E-state index is 0.0500. The van der Waals surface area contributed by atoms with E-state index in [4.69, 9.17) is 0 Å².